The van der Waals surface area contributed by atoms with E-state index in [2.05, 4.69) is 6.08 Å². The van der Waals surface area contributed by atoms with Crippen molar-refractivity contribution in [1.29, 1.82) is 0 Å². The van der Waals surface area contributed by atoms with Gasteiger partial charge in [0.25, 0.3) is 5.91 Å². The number of aryl methyl sites for hydroxylation is 1. The number of thiophene rings is 1. The normalized spacial score (nSPS) is 14.9. The summed E-state index contributed by atoms with van der Waals surface area (Å²) < 4.78 is 0. The molecule has 0 unspecified atom stereocenters. The Bertz CT molecular complexity index is 685. The van der Waals surface area contributed by atoms with Crippen molar-refractivity contribution in [3.63, 3.8) is 0 Å². The van der Waals surface area contributed by atoms with Crippen molar-refractivity contribution in [2.45, 2.75) is 13.3 Å². The smallest absolute Gasteiger partial charge is 0.264 e. The van der Waals surface area contributed by atoms with Crippen LogP contribution < -0.4 is 0 Å². The van der Waals surface area contributed by atoms with Gasteiger partial charge in [-0.1, -0.05) is 18.2 Å². The Hall–Kier alpha value is -2.07. The zero-order valence-corrected chi connectivity index (χ0v) is 12.7. The molecule has 21 heavy (non-hydrogen) atoms. The number of benzene rings is 1. The maximum absolute atomic E-state index is 12.4. The van der Waals surface area contributed by atoms with Crippen LogP contribution >= 0.6 is 11.3 Å². The third kappa shape index (κ3) is 2.85. The lowest BCUT2D eigenvalue weighted by atomic mass is 9.99. The van der Waals surface area contributed by atoms with E-state index in [4.69, 9.17) is 0 Å². The lowest BCUT2D eigenvalue weighted by molar-refractivity contribution is 0.0777. The predicted molar refractivity (Wildman–Crippen MR) is 85.7 cm³/mol. The van der Waals surface area contributed by atoms with E-state index in [1.54, 1.807) is 12.1 Å². The minimum absolute atomic E-state index is 0.128. The summed E-state index contributed by atoms with van der Waals surface area (Å²) in [7, 11) is 0. The van der Waals surface area contributed by atoms with Gasteiger partial charge in [0.1, 0.15) is 5.75 Å². The zero-order chi connectivity index (χ0) is 14.8. The summed E-state index contributed by atoms with van der Waals surface area (Å²) in [5.74, 6) is 0.406. The molecule has 0 saturated heterocycles. The van der Waals surface area contributed by atoms with Crippen LogP contribution in [0.25, 0.3) is 5.57 Å². The van der Waals surface area contributed by atoms with E-state index in [0.29, 0.717) is 6.54 Å². The Morgan fingerprint density at radius 1 is 1.24 bits per heavy atom. The van der Waals surface area contributed by atoms with Crippen molar-refractivity contribution in [1.82, 2.24) is 4.90 Å². The molecule has 0 spiro atoms. The van der Waals surface area contributed by atoms with Crippen molar-refractivity contribution in [2.75, 3.05) is 13.1 Å². The van der Waals surface area contributed by atoms with Crippen molar-refractivity contribution in [3.8, 4) is 5.75 Å². The first-order valence-electron chi connectivity index (χ1n) is 6.97. The predicted octanol–water partition coefficient (Wildman–Crippen LogP) is 3.69. The average Bonchev–Trinajstić information content (AvgIpc) is 2.94. The third-order valence-corrected chi connectivity index (χ3v) is 4.80. The maximum Gasteiger partial charge on any atom is 0.264 e. The van der Waals surface area contributed by atoms with Gasteiger partial charge in [0.15, 0.2) is 0 Å². The number of aromatic hydroxyl groups is 1. The molecule has 1 aromatic carbocycles. The van der Waals surface area contributed by atoms with Crippen LogP contribution in [-0.2, 0) is 0 Å². The Labute approximate surface area is 128 Å². The second-order valence-electron chi connectivity index (χ2n) is 5.21. The lowest BCUT2D eigenvalue weighted by Gasteiger charge is -2.26. The first kappa shape index (κ1) is 13.9. The van der Waals surface area contributed by atoms with Gasteiger partial charge in [-0.05, 0) is 53.6 Å². The number of amides is 1. The monoisotopic (exact) mass is 299 g/mol. The number of phenolic OH excluding ortho intramolecular Hbond substituents is 1. The van der Waals surface area contributed by atoms with Gasteiger partial charge in [-0.3, -0.25) is 4.79 Å². The molecule has 0 aliphatic carbocycles. The first-order chi connectivity index (χ1) is 10.1. The highest BCUT2D eigenvalue weighted by molar-refractivity contribution is 7.12. The van der Waals surface area contributed by atoms with Gasteiger partial charge < -0.3 is 10.0 Å². The topological polar surface area (TPSA) is 40.5 Å². The second-order valence-corrected chi connectivity index (χ2v) is 6.13. The van der Waals surface area contributed by atoms with E-state index in [-0.39, 0.29) is 11.7 Å². The van der Waals surface area contributed by atoms with E-state index in [0.717, 1.165) is 29.0 Å². The van der Waals surface area contributed by atoms with E-state index < -0.39 is 0 Å². The molecule has 1 aromatic heterocycles. The van der Waals surface area contributed by atoms with Crippen LogP contribution in [0.1, 0.15) is 27.2 Å². The van der Waals surface area contributed by atoms with E-state index in [9.17, 15) is 9.90 Å². The van der Waals surface area contributed by atoms with Crippen LogP contribution in [0.4, 0.5) is 0 Å². The van der Waals surface area contributed by atoms with Crippen molar-refractivity contribution in [2.24, 2.45) is 0 Å². The molecule has 4 heteroatoms. The molecule has 2 heterocycles. The number of carbonyl (C=O) groups excluding carboxylic acids is 1. The molecular formula is C17H17NO2S. The molecule has 0 bridgehead atoms. The number of nitrogens with zero attached hydrogens (tertiary/aromatic N) is 1. The number of hydrogen-bond donors (Lipinski definition) is 1. The summed E-state index contributed by atoms with van der Waals surface area (Å²) in [6, 6.07) is 9.22. The largest absolute Gasteiger partial charge is 0.508 e. The fourth-order valence-corrected chi connectivity index (χ4v) is 3.42. The summed E-state index contributed by atoms with van der Waals surface area (Å²) in [4.78, 5) is 15.2. The van der Waals surface area contributed by atoms with E-state index in [1.807, 2.05) is 35.4 Å². The zero-order valence-electron chi connectivity index (χ0n) is 11.9. The van der Waals surface area contributed by atoms with Crippen molar-refractivity contribution < 1.29 is 9.90 Å². The van der Waals surface area contributed by atoms with Gasteiger partial charge in [0.05, 0.1) is 4.88 Å². The molecule has 1 amide bonds. The molecule has 0 atom stereocenters. The minimum atomic E-state index is 0.128. The Kier molecular flexibility index (Phi) is 3.80. The van der Waals surface area contributed by atoms with Gasteiger partial charge in [0.2, 0.25) is 0 Å². The van der Waals surface area contributed by atoms with E-state index in [1.165, 1.54) is 16.9 Å². The highest BCUT2D eigenvalue weighted by atomic mass is 32.1. The van der Waals surface area contributed by atoms with Crippen LogP contribution in [-0.4, -0.2) is 29.0 Å². The summed E-state index contributed by atoms with van der Waals surface area (Å²) in [6.45, 7) is 3.36. The lowest BCUT2D eigenvalue weighted by Crippen LogP contribution is -2.34. The van der Waals surface area contributed by atoms with E-state index >= 15 is 0 Å². The molecule has 108 valence electrons. The first-order valence-corrected chi connectivity index (χ1v) is 7.85. The molecule has 0 fully saturated rings. The molecule has 3 nitrogen and oxygen atoms in total. The van der Waals surface area contributed by atoms with Crippen molar-refractivity contribution in [3.05, 3.63) is 57.8 Å². The van der Waals surface area contributed by atoms with Gasteiger partial charge in [-0.15, -0.1) is 11.3 Å². The molecule has 1 aliphatic rings. The molecule has 1 aliphatic heterocycles. The Morgan fingerprint density at radius 2 is 2.00 bits per heavy atom. The molecule has 0 radical (unpaired) electrons. The maximum atomic E-state index is 12.4. The van der Waals surface area contributed by atoms with Crippen molar-refractivity contribution >= 4 is 22.8 Å². The molecular weight excluding hydrogens is 282 g/mol. The third-order valence-electron chi connectivity index (χ3n) is 3.79. The molecule has 1 N–H and O–H groups in total. The Morgan fingerprint density at radius 3 is 2.57 bits per heavy atom. The van der Waals surface area contributed by atoms with Crippen LogP contribution in [0.2, 0.25) is 0 Å². The van der Waals surface area contributed by atoms with Crippen LogP contribution in [0.3, 0.4) is 0 Å². The van der Waals surface area contributed by atoms with Gasteiger partial charge in [-0.25, -0.2) is 0 Å². The fraction of sp³-hybridized carbons (Fsp3) is 0.235. The number of hydrogen-bond acceptors (Lipinski definition) is 3. The molecule has 3 rings (SSSR count). The number of rotatable bonds is 2. The van der Waals surface area contributed by atoms with Gasteiger partial charge in [0, 0.05) is 13.1 Å². The highest BCUT2D eigenvalue weighted by Crippen LogP contribution is 2.26. The quantitative estimate of drug-likeness (QED) is 0.918. The summed E-state index contributed by atoms with van der Waals surface area (Å²) in [5, 5.41) is 11.3. The van der Waals surface area contributed by atoms with Crippen LogP contribution in [0.15, 0.2) is 41.8 Å². The van der Waals surface area contributed by atoms with Gasteiger partial charge in [-0.2, -0.15) is 0 Å². The Balaban J connectivity index is 1.73. The molecule has 0 saturated carbocycles. The summed E-state index contributed by atoms with van der Waals surface area (Å²) >= 11 is 1.51. The number of carbonyl (C=O) groups is 1. The average molecular weight is 299 g/mol. The number of phenols is 1. The van der Waals surface area contributed by atoms with Crippen LogP contribution in [0, 0.1) is 6.92 Å². The SMILES string of the molecule is Cc1ccsc1C(=O)N1CC=C(c2ccc(O)cc2)CC1. The molecule has 2 aromatic rings. The standard InChI is InChI=1S/C17H17NO2S/c1-12-8-11-21-16(12)17(20)18-9-6-14(7-10-18)13-2-4-15(19)5-3-13/h2-6,8,11,19H,7,9-10H2,1H3. The highest BCUT2D eigenvalue weighted by Gasteiger charge is 2.21. The van der Waals surface area contributed by atoms with Gasteiger partial charge >= 0.3 is 0 Å². The second kappa shape index (κ2) is 5.74. The summed E-state index contributed by atoms with van der Waals surface area (Å²) in [5.41, 5.74) is 3.41. The fourth-order valence-electron chi connectivity index (χ4n) is 2.53. The minimum Gasteiger partial charge on any atom is -0.508 e. The summed E-state index contributed by atoms with van der Waals surface area (Å²) in [6.07, 6.45) is 2.96. The van der Waals surface area contributed by atoms with Crippen LogP contribution in [0.5, 0.6) is 5.75 Å².